The monoisotopic (exact) mass is 237 g/mol. The van der Waals surface area contributed by atoms with Gasteiger partial charge in [-0.05, 0) is 39.0 Å². The van der Waals surface area contributed by atoms with E-state index in [2.05, 4.69) is 10.2 Å². The second-order valence-corrected chi connectivity index (χ2v) is 4.82. The third-order valence-electron chi connectivity index (χ3n) is 2.45. The van der Waals surface area contributed by atoms with Crippen LogP contribution in [0.3, 0.4) is 0 Å². The molecule has 0 radical (unpaired) electrons. The number of halogens is 2. The van der Waals surface area contributed by atoms with Crippen molar-refractivity contribution in [3.8, 4) is 11.4 Å². The van der Waals surface area contributed by atoms with Gasteiger partial charge in [-0.2, -0.15) is 0 Å². The van der Waals surface area contributed by atoms with E-state index in [1.54, 1.807) is 6.33 Å². The van der Waals surface area contributed by atoms with Crippen LogP contribution < -0.4 is 0 Å². The smallest absolute Gasteiger partial charge is 0.164 e. The third kappa shape index (κ3) is 2.18. The Hall–Kier alpha value is -1.78. The molecular formula is C12H13F2N3. The standard InChI is InChI=1S/C12H13F2N3/c1-12(2,3)17-7-15-16-11(17)8-4-5-9(13)10(14)6-8/h4-7H,1-3H3. The summed E-state index contributed by atoms with van der Waals surface area (Å²) in [4.78, 5) is 0. The molecule has 0 saturated heterocycles. The van der Waals surface area contributed by atoms with Crippen molar-refractivity contribution in [2.45, 2.75) is 26.3 Å². The van der Waals surface area contributed by atoms with Crippen molar-refractivity contribution in [2.24, 2.45) is 0 Å². The van der Waals surface area contributed by atoms with E-state index in [1.165, 1.54) is 6.07 Å². The van der Waals surface area contributed by atoms with Gasteiger partial charge in [-0.3, -0.25) is 0 Å². The molecule has 0 aliphatic rings. The van der Waals surface area contributed by atoms with Crippen molar-refractivity contribution < 1.29 is 8.78 Å². The zero-order valence-corrected chi connectivity index (χ0v) is 9.91. The minimum absolute atomic E-state index is 0.219. The van der Waals surface area contributed by atoms with Gasteiger partial charge in [0.25, 0.3) is 0 Å². The molecule has 2 rings (SSSR count). The average molecular weight is 237 g/mol. The highest BCUT2D eigenvalue weighted by Gasteiger charge is 2.19. The summed E-state index contributed by atoms with van der Waals surface area (Å²) in [7, 11) is 0. The average Bonchev–Trinajstić information content (AvgIpc) is 2.70. The Balaban J connectivity index is 2.54. The van der Waals surface area contributed by atoms with Crippen LogP contribution in [0.4, 0.5) is 8.78 Å². The van der Waals surface area contributed by atoms with E-state index >= 15 is 0 Å². The first kappa shape index (κ1) is 11.7. The van der Waals surface area contributed by atoms with Crippen LogP contribution in [-0.2, 0) is 5.54 Å². The predicted molar refractivity (Wildman–Crippen MR) is 60.4 cm³/mol. The maximum absolute atomic E-state index is 13.2. The zero-order chi connectivity index (χ0) is 12.6. The van der Waals surface area contributed by atoms with Crippen molar-refractivity contribution in [3.05, 3.63) is 36.2 Å². The first-order chi connectivity index (χ1) is 7.89. The number of benzene rings is 1. The summed E-state index contributed by atoms with van der Waals surface area (Å²) < 4.78 is 27.8. The molecule has 0 saturated carbocycles. The molecule has 0 bridgehead atoms. The molecular weight excluding hydrogens is 224 g/mol. The third-order valence-corrected chi connectivity index (χ3v) is 2.45. The minimum atomic E-state index is -0.883. The number of aromatic nitrogens is 3. The zero-order valence-electron chi connectivity index (χ0n) is 9.91. The molecule has 0 aliphatic carbocycles. The van der Waals surface area contributed by atoms with Gasteiger partial charge in [-0.25, -0.2) is 8.78 Å². The van der Waals surface area contributed by atoms with Crippen molar-refractivity contribution >= 4 is 0 Å². The fourth-order valence-corrected chi connectivity index (χ4v) is 1.56. The molecule has 2 aromatic rings. The Morgan fingerprint density at radius 1 is 1.12 bits per heavy atom. The summed E-state index contributed by atoms with van der Waals surface area (Å²) >= 11 is 0. The predicted octanol–water partition coefficient (Wildman–Crippen LogP) is 2.98. The van der Waals surface area contributed by atoms with Crippen LogP contribution in [0.25, 0.3) is 11.4 Å². The van der Waals surface area contributed by atoms with Crippen molar-refractivity contribution in [1.82, 2.24) is 14.8 Å². The highest BCUT2D eigenvalue weighted by molar-refractivity contribution is 5.55. The normalized spacial score (nSPS) is 11.8. The Kier molecular flexibility index (Phi) is 2.69. The Morgan fingerprint density at radius 3 is 2.41 bits per heavy atom. The van der Waals surface area contributed by atoms with Gasteiger partial charge >= 0.3 is 0 Å². The van der Waals surface area contributed by atoms with Crippen LogP contribution >= 0.6 is 0 Å². The molecule has 0 atom stereocenters. The lowest BCUT2D eigenvalue weighted by molar-refractivity contribution is 0.399. The Labute approximate surface area is 98.1 Å². The Bertz CT molecular complexity index is 541. The molecule has 0 spiro atoms. The maximum atomic E-state index is 13.2. The second-order valence-electron chi connectivity index (χ2n) is 4.82. The summed E-state index contributed by atoms with van der Waals surface area (Å²) in [6.07, 6.45) is 1.58. The van der Waals surface area contributed by atoms with E-state index in [1.807, 2.05) is 25.3 Å². The van der Waals surface area contributed by atoms with Gasteiger partial charge in [0.1, 0.15) is 6.33 Å². The van der Waals surface area contributed by atoms with E-state index in [0.717, 1.165) is 12.1 Å². The summed E-state index contributed by atoms with van der Waals surface area (Å²) in [6, 6.07) is 3.71. The van der Waals surface area contributed by atoms with E-state index < -0.39 is 11.6 Å². The van der Waals surface area contributed by atoms with Crippen LogP contribution in [-0.4, -0.2) is 14.8 Å². The summed E-state index contributed by atoms with van der Waals surface area (Å²) in [6.45, 7) is 5.96. The first-order valence-electron chi connectivity index (χ1n) is 5.25. The lowest BCUT2D eigenvalue weighted by Crippen LogP contribution is -2.21. The molecule has 90 valence electrons. The fraction of sp³-hybridized carbons (Fsp3) is 0.333. The number of hydrogen-bond donors (Lipinski definition) is 0. The lowest BCUT2D eigenvalue weighted by atomic mass is 10.1. The van der Waals surface area contributed by atoms with Crippen molar-refractivity contribution in [3.63, 3.8) is 0 Å². The van der Waals surface area contributed by atoms with Gasteiger partial charge in [0.15, 0.2) is 17.5 Å². The number of hydrogen-bond acceptors (Lipinski definition) is 2. The second kappa shape index (κ2) is 3.91. The van der Waals surface area contributed by atoms with Crippen molar-refractivity contribution in [2.75, 3.05) is 0 Å². The highest BCUT2D eigenvalue weighted by atomic mass is 19.2. The van der Waals surface area contributed by atoms with Crippen LogP contribution in [0.2, 0.25) is 0 Å². The van der Waals surface area contributed by atoms with Crippen molar-refractivity contribution in [1.29, 1.82) is 0 Å². The molecule has 3 nitrogen and oxygen atoms in total. The fourth-order valence-electron chi connectivity index (χ4n) is 1.56. The molecule has 0 unspecified atom stereocenters. The van der Waals surface area contributed by atoms with Gasteiger partial charge in [0.05, 0.1) is 0 Å². The van der Waals surface area contributed by atoms with Gasteiger partial charge in [0.2, 0.25) is 0 Å². The number of nitrogens with zero attached hydrogens (tertiary/aromatic N) is 3. The summed E-state index contributed by atoms with van der Waals surface area (Å²) in [5.74, 6) is -1.22. The van der Waals surface area contributed by atoms with Gasteiger partial charge in [0, 0.05) is 11.1 Å². The van der Waals surface area contributed by atoms with Gasteiger partial charge in [-0.15, -0.1) is 10.2 Å². The maximum Gasteiger partial charge on any atom is 0.164 e. The minimum Gasteiger partial charge on any atom is -0.308 e. The molecule has 1 heterocycles. The molecule has 1 aromatic heterocycles. The van der Waals surface area contributed by atoms with Crippen LogP contribution in [0.15, 0.2) is 24.5 Å². The molecule has 0 amide bonds. The highest BCUT2D eigenvalue weighted by Crippen LogP contribution is 2.24. The molecule has 0 aliphatic heterocycles. The molecule has 1 aromatic carbocycles. The van der Waals surface area contributed by atoms with E-state index in [-0.39, 0.29) is 5.54 Å². The molecule has 0 fully saturated rings. The largest absolute Gasteiger partial charge is 0.308 e. The van der Waals surface area contributed by atoms with E-state index in [4.69, 9.17) is 0 Å². The Morgan fingerprint density at radius 2 is 1.82 bits per heavy atom. The molecule has 5 heteroatoms. The molecule has 17 heavy (non-hydrogen) atoms. The molecule has 0 N–H and O–H groups in total. The lowest BCUT2D eigenvalue weighted by Gasteiger charge is -2.22. The van der Waals surface area contributed by atoms with Gasteiger partial charge < -0.3 is 4.57 Å². The summed E-state index contributed by atoms with van der Waals surface area (Å²) in [5.41, 5.74) is 0.292. The van der Waals surface area contributed by atoms with Crippen LogP contribution in [0, 0.1) is 11.6 Å². The van der Waals surface area contributed by atoms with Crippen LogP contribution in [0.1, 0.15) is 20.8 Å². The quantitative estimate of drug-likeness (QED) is 0.763. The van der Waals surface area contributed by atoms with E-state index in [0.29, 0.717) is 11.4 Å². The number of rotatable bonds is 1. The summed E-state index contributed by atoms with van der Waals surface area (Å²) in [5, 5.41) is 7.76. The van der Waals surface area contributed by atoms with Crippen LogP contribution in [0.5, 0.6) is 0 Å². The SMILES string of the molecule is CC(C)(C)n1cnnc1-c1ccc(F)c(F)c1. The van der Waals surface area contributed by atoms with E-state index in [9.17, 15) is 8.78 Å². The first-order valence-corrected chi connectivity index (χ1v) is 5.25. The topological polar surface area (TPSA) is 30.7 Å². The van der Waals surface area contributed by atoms with Gasteiger partial charge in [-0.1, -0.05) is 0 Å².